The molecule has 0 bridgehead atoms. The summed E-state index contributed by atoms with van der Waals surface area (Å²) in [4.78, 5) is 0. The van der Waals surface area contributed by atoms with Gasteiger partial charge in [0.25, 0.3) is 0 Å². The highest BCUT2D eigenvalue weighted by molar-refractivity contribution is 6.30. The van der Waals surface area contributed by atoms with E-state index in [1.165, 1.54) is 23.8 Å². The van der Waals surface area contributed by atoms with Crippen LogP contribution in [0.15, 0.2) is 79.4 Å². The van der Waals surface area contributed by atoms with Gasteiger partial charge in [-0.3, -0.25) is 0 Å². The molecule has 0 amide bonds. The van der Waals surface area contributed by atoms with Crippen LogP contribution < -0.4 is 5.32 Å². The summed E-state index contributed by atoms with van der Waals surface area (Å²) in [6.07, 6.45) is 4.63. The summed E-state index contributed by atoms with van der Waals surface area (Å²) in [5.41, 5.74) is 3.09. The quantitative estimate of drug-likeness (QED) is 0.372. The number of aryl methyl sites for hydroxylation is 1. The van der Waals surface area contributed by atoms with E-state index in [0.29, 0.717) is 16.4 Å². The van der Waals surface area contributed by atoms with Gasteiger partial charge < -0.3 is 5.32 Å². The van der Waals surface area contributed by atoms with Crippen LogP contribution in [-0.2, 0) is 11.8 Å². The maximum atomic E-state index is 14.2. The summed E-state index contributed by atoms with van der Waals surface area (Å²) in [5.74, 6) is -0.661. The van der Waals surface area contributed by atoms with Gasteiger partial charge in [-0.05, 0) is 78.9 Å². The Kier molecular flexibility index (Phi) is 6.71. The van der Waals surface area contributed by atoms with Crippen LogP contribution in [0.2, 0.25) is 5.02 Å². The van der Waals surface area contributed by atoms with Crippen molar-refractivity contribution in [1.82, 2.24) is 0 Å². The summed E-state index contributed by atoms with van der Waals surface area (Å²) < 4.78 is 27.3. The number of allylic oxidation sites excluding steroid dienone is 1. The molecule has 0 aliphatic rings. The Morgan fingerprint density at radius 1 is 1.00 bits per heavy atom. The Bertz CT molecular complexity index is 967. The van der Waals surface area contributed by atoms with E-state index in [1.807, 2.05) is 36.4 Å². The molecular weight excluding hydrogens is 388 g/mol. The van der Waals surface area contributed by atoms with E-state index in [-0.39, 0.29) is 17.0 Å². The summed E-state index contributed by atoms with van der Waals surface area (Å²) in [5, 5.41) is 3.73. The highest BCUT2D eigenvalue weighted by Crippen LogP contribution is 2.32. The van der Waals surface area contributed by atoms with Gasteiger partial charge in [-0.2, -0.15) is 0 Å². The standard InChI is InChI=1S/C25H24ClF2N/c1-3-25(2,19-7-9-20(26)10-8-19)16-4-5-18-6-15-23(28)24(17-18)29-22-13-11-21(27)12-14-22/h3,6-15,17,29H,1,4-5,16H2,2H3. The first-order chi connectivity index (χ1) is 13.9. The van der Waals surface area contributed by atoms with Crippen molar-refractivity contribution in [3.63, 3.8) is 0 Å². The van der Waals surface area contributed by atoms with Gasteiger partial charge >= 0.3 is 0 Å². The Hall–Kier alpha value is -2.65. The van der Waals surface area contributed by atoms with Crippen molar-refractivity contribution >= 4 is 23.0 Å². The van der Waals surface area contributed by atoms with Crippen molar-refractivity contribution in [3.8, 4) is 0 Å². The molecule has 1 N–H and O–H groups in total. The first-order valence-corrected chi connectivity index (χ1v) is 9.98. The Balaban J connectivity index is 1.66. The smallest absolute Gasteiger partial charge is 0.146 e. The van der Waals surface area contributed by atoms with Gasteiger partial charge in [-0.15, -0.1) is 6.58 Å². The van der Waals surface area contributed by atoms with Crippen molar-refractivity contribution in [3.05, 3.63) is 107 Å². The fourth-order valence-electron chi connectivity index (χ4n) is 3.37. The maximum absolute atomic E-state index is 14.2. The molecule has 0 saturated heterocycles. The molecule has 3 rings (SSSR count). The van der Waals surface area contributed by atoms with E-state index in [2.05, 4.69) is 18.8 Å². The molecular formula is C25H24ClF2N. The normalized spacial score (nSPS) is 13.0. The molecule has 0 heterocycles. The minimum absolute atomic E-state index is 0.153. The second kappa shape index (κ2) is 9.23. The van der Waals surface area contributed by atoms with Gasteiger partial charge in [0.15, 0.2) is 0 Å². The van der Waals surface area contributed by atoms with Crippen molar-refractivity contribution in [2.45, 2.75) is 31.6 Å². The lowest BCUT2D eigenvalue weighted by molar-refractivity contribution is 0.516. The molecule has 0 saturated carbocycles. The van der Waals surface area contributed by atoms with Gasteiger partial charge in [-0.1, -0.05) is 42.8 Å². The van der Waals surface area contributed by atoms with Crippen molar-refractivity contribution in [2.24, 2.45) is 0 Å². The van der Waals surface area contributed by atoms with Crippen LogP contribution in [0.3, 0.4) is 0 Å². The second-order valence-electron chi connectivity index (χ2n) is 7.43. The highest BCUT2D eigenvalue weighted by atomic mass is 35.5. The number of rotatable bonds is 8. The zero-order valence-corrected chi connectivity index (χ0v) is 17.1. The predicted molar refractivity (Wildman–Crippen MR) is 118 cm³/mol. The Morgan fingerprint density at radius 3 is 2.34 bits per heavy atom. The Morgan fingerprint density at radius 2 is 1.69 bits per heavy atom. The van der Waals surface area contributed by atoms with Crippen LogP contribution in [0.25, 0.3) is 0 Å². The second-order valence-corrected chi connectivity index (χ2v) is 7.86. The molecule has 1 unspecified atom stereocenters. The van der Waals surface area contributed by atoms with Gasteiger partial charge in [0.1, 0.15) is 11.6 Å². The third-order valence-corrected chi connectivity index (χ3v) is 5.52. The largest absolute Gasteiger partial charge is 0.353 e. The molecule has 3 aromatic rings. The number of anilines is 2. The fraction of sp³-hybridized carbons (Fsp3) is 0.200. The van der Waals surface area contributed by atoms with E-state index in [9.17, 15) is 8.78 Å². The van der Waals surface area contributed by atoms with Gasteiger partial charge in [0.05, 0.1) is 5.69 Å². The van der Waals surface area contributed by atoms with Crippen molar-refractivity contribution in [1.29, 1.82) is 0 Å². The molecule has 1 atom stereocenters. The first-order valence-electron chi connectivity index (χ1n) is 9.60. The molecule has 29 heavy (non-hydrogen) atoms. The van der Waals surface area contributed by atoms with E-state index in [0.717, 1.165) is 24.8 Å². The van der Waals surface area contributed by atoms with E-state index < -0.39 is 0 Å². The molecule has 0 aliphatic carbocycles. The fourth-order valence-corrected chi connectivity index (χ4v) is 3.49. The molecule has 0 aromatic heterocycles. The van der Waals surface area contributed by atoms with E-state index in [4.69, 9.17) is 11.6 Å². The molecule has 0 spiro atoms. The third kappa shape index (κ3) is 5.45. The molecule has 0 aliphatic heterocycles. The third-order valence-electron chi connectivity index (χ3n) is 5.27. The van der Waals surface area contributed by atoms with Crippen LogP contribution in [-0.4, -0.2) is 0 Å². The van der Waals surface area contributed by atoms with E-state index in [1.54, 1.807) is 18.2 Å². The first kappa shape index (κ1) is 21.1. The zero-order valence-electron chi connectivity index (χ0n) is 16.4. The average Bonchev–Trinajstić information content (AvgIpc) is 2.72. The van der Waals surface area contributed by atoms with Crippen LogP contribution in [0.1, 0.15) is 30.9 Å². The van der Waals surface area contributed by atoms with Crippen LogP contribution in [0, 0.1) is 11.6 Å². The minimum Gasteiger partial charge on any atom is -0.353 e. The minimum atomic E-state index is -0.338. The van der Waals surface area contributed by atoms with Crippen molar-refractivity contribution in [2.75, 3.05) is 5.32 Å². The summed E-state index contributed by atoms with van der Waals surface area (Å²) in [7, 11) is 0. The molecule has 0 radical (unpaired) electrons. The molecule has 3 aromatic carbocycles. The average molecular weight is 412 g/mol. The zero-order chi connectivity index (χ0) is 20.9. The lowest BCUT2D eigenvalue weighted by Gasteiger charge is -2.26. The van der Waals surface area contributed by atoms with Crippen LogP contribution in [0.4, 0.5) is 20.2 Å². The maximum Gasteiger partial charge on any atom is 0.146 e. The topological polar surface area (TPSA) is 12.0 Å². The van der Waals surface area contributed by atoms with Crippen molar-refractivity contribution < 1.29 is 8.78 Å². The summed E-state index contributed by atoms with van der Waals surface area (Å²) in [6, 6.07) is 18.8. The molecule has 4 heteroatoms. The monoisotopic (exact) mass is 411 g/mol. The SMILES string of the molecule is C=CC(C)(CCCc1ccc(F)c(Nc2ccc(F)cc2)c1)c1ccc(Cl)cc1. The van der Waals surface area contributed by atoms with Crippen LogP contribution >= 0.6 is 11.6 Å². The molecule has 0 fully saturated rings. The Labute approximate surface area is 176 Å². The van der Waals surface area contributed by atoms with Crippen LogP contribution in [0.5, 0.6) is 0 Å². The summed E-state index contributed by atoms with van der Waals surface area (Å²) in [6.45, 7) is 6.18. The van der Waals surface area contributed by atoms with Gasteiger partial charge in [0.2, 0.25) is 0 Å². The predicted octanol–water partition coefficient (Wildman–Crippen LogP) is 7.83. The van der Waals surface area contributed by atoms with Gasteiger partial charge in [0, 0.05) is 16.1 Å². The molecule has 1 nitrogen and oxygen atoms in total. The van der Waals surface area contributed by atoms with E-state index >= 15 is 0 Å². The number of hydrogen-bond acceptors (Lipinski definition) is 1. The number of benzene rings is 3. The lowest BCUT2D eigenvalue weighted by Crippen LogP contribution is -2.18. The van der Waals surface area contributed by atoms with Gasteiger partial charge in [-0.25, -0.2) is 8.78 Å². The number of halogens is 3. The lowest BCUT2D eigenvalue weighted by atomic mass is 9.78. The highest BCUT2D eigenvalue weighted by Gasteiger charge is 2.22. The number of hydrogen-bond donors (Lipinski definition) is 1. The number of nitrogens with one attached hydrogen (secondary N) is 1. The summed E-state index contributed by atoms with van der Waals surface area (Å²) >= 11 is 6.00. The molecule has 150 valence electrons.